The molecule has 0 aromatic rings. The molecular formula is C10H17BrO. The van der Waals surface area contributed by atoms with Crippen LogP contribution in [0.4, 0.5) is 0 Å². The van der Waals surface area contributed by atoms with Gasteiger partial charge in [-0.25, -0.2) is 0 Å². The lowest BCUT2D eigenvalue weighted by molar-refractivity contribution is 0.128. The fraction of sp³-hybridized carbons (Fsp3) is 0.800. The van der Waals surface area contributed by atoms with Gasteiger partial charge in [-0.3, -0.25) is 0 Å². The Morgan fingerprint density at radius 3 is 2.33 bits per heavy atom. The Hall–Kier alpha value is 0. The first kappa shape index (κ1) is 12.0. The molecule has 0 N–H and O–H groups in total. The van der Waals surface area contributed by atoms with Crippen LogP contribution in [0.3, 0.4) is 0 Å². The molecule has 0 radical (unpaired) electrons. The minimum absolute atomic E-state index is 0.865. The van der Waals surface area contributed by atoms with Crippen molar-refractivity contribution in [2.45, 2.75) is 32.1 Å². The predicted octanol–water partition coefficient (Wildman–Crippen LogP) is 2.98. The average molecular weight is 233 g/mol. The molecule has 12 heavy (non-hydrogen) atoms. The summed E-state index contributed by atoms with van der Waals surface area (Å²) in [5.41, 5.74) is 0. The molecule has 0 amide bonds. The van der Waals surface area contributed by atoms with E-state index in [1.54, 1.807) is 0 Å². The molecule has 0 fully saturated rings. The topological polar surface area (TPSA) is 9.23 Å². The molecule has 1 nitrogen and oxygen atoms in total. The Kier molecular flexibility index (Phi) is 11.0. The molecule has 0 saturated heterocycles. The molecule has 0 spiro atoms. The first-order valence-electron chi connectivity index (χ1n) is 4.49. The van der Waals surface area contributed by atoms with E-state index in [-0.39, 0.29) is 0 Å². The van der Waals surface area contributed by atoms with E-state index in [1.165, 1.54) is 6.42 Å². The molecule has 0 unspecified atom stereocenters. The van der Waals surface area contributed by atoms with Crippen LogP contribution in [0.15, 0.2) is 0 Å². The van der Waals surface area contributed by atoms with Crippen LogP contribution >= 0.6 is 15.9 Å². The summed E-state index contributed by atoms with van der Waals surface area (Å²) in [7, 11) is 0. The number of terminal acetylenes is 1. The van der Waals surface area contributed by atoms with Crippen LogP contribution in [0.2, 0.25) is 0 Å². The van der Waals surface area contributed by atoms with Crippen LogP contribution in [0.25, 0.3) is 0 Å². The molecule has 0 atom stereocenters. The predicted molar refractivity (Wildman–Crippen MR) is 56.5 cm³/mol. The highest BCUT2D eigenvalue weighted by molar-refractivity contribution is 9.09. The largest absolute Gasteiger partial charge is 0.381 e. The molecule has 70 valence electrons. The monoisotopic (exact) mass is 232 g/mol. The molecule has 0 bridgehead atoms. The summed E-state index contributed by atoms with van der Waals surface area (Å²) in [6.45, 7) is 1.76. The van der Waals surface area contributed by atoms with Crippen LogP contribution in [0.1, 0.15) is 32.1 Å². The van der Waals surface area contributed by atoms with Crippen LogP contribution in [0, 0.1) is 12.3 Å². The summed E-state index contributed by atoms with van der Waals surface area (Å²) in [6.07, 6.45) is 10.5. The van der Waals surface area contributed by atoms with Gasteiger partial charge in [0.2, 0.25) is 0 Å². The Morgan fingerprint density at radius 2 is 1.75 bits per heavy atom. The lowest BCUT2D eigenvalue weighted by atomic mass is 10.2. The van der Waals surface area contributed by atoms with Gasteiger partial charge in [-0.05, 0) is 25.7 Å². The van der Waals surface area contributed by atoms with Crippen molar-refractivity contribution in [2.24, 2.45) is 0 Å². The van der Waals surface area contributed by atoms with E-state index >= 15 is 0 Å². The highest BCUT2D eigenvalue weighted by atomic mass is 79.9. The third kappa shape index (κ3) is 10.0. The fourth-order valence-corrected chi connectivity index (χ4v) is 1.23. The van der Waals surface area contributed by atoms with Gasteiger partial charge >= 0.3 is 0 Å². The van der Waals surface area contributed by atoms with Crippen LogP contribution in [-0.2, 0) is 4.74 Å². The van der Waals surface area contributed by atoms with Gasteiger partial charge < -0.3 is 4.74 Å². The van der Waals surface area contributed by atoms with E-state index in [0.29, 0.717) is 0 Å². The van der Waals surface area contributed by atoms with Crippen molar-refractivity contribution < 1.29 is 4.74 Å². The third-order valence-corrected chi connectivity index (χ3v) is 2.09. The standard InChI is InChI=1S/C10H17BrO/c1-2-3-4-6-9-12-10-7-5-8-11/h1H,3-10H2. The SMILES string of the molecule is C#CCCCCOCCCCBr. The summed E-state index contributed by atoms with van der Waals surface area (Å²) >= 11 is 3.38. The zero-order chi connectivity index (χ0) is 9.07. The van der Waals surface area contributed by atoms with Crippen LogP contribution < -0.4 is 0 Å². The first-order chi connectivity index (χ1) is 5.91. The Bertz CT molecular complexity index is 117. The maximum Gasteiger partial charge on any atom is 0.0466 e. The number of halogens is 1. The summed E-state index contributed by atoms with van der Waals surface area (Å²) < 4.78 is 5.39. The number of alkyl halides is 1. The second-order valence-electron chi connectivity index (χ2n) is 2.67. The van der Waals surface area contributed by atoms with Crippen molar-refractivity contribution in [1.82, 2.24) is 0 Å². The van der Waals surface area contributed by atoms with Crippen molar-refractivity contribution in [1.29, 1.82) is 0 Å². The van der Waals surface area contributed by atoms with E-state index in [1.807, 2.05) is 0 Å². The second-order valence-corrected chi connectivity index (χ2v) is 3.46. The van der Waals surface area contributed by atoms with Crippen molar-refractivity contribution in [3.63, 3.8) is 0 Å². The van der Waals surface area contributed by atoms with Gasteiger partial charge in [0, 0.05) is 25.0 Å². The zero-order valence-corrected chi connectivity index (χ0v) is 9.11. The molecule has 0 heterocycles. The van der Waals surface area contributed by atoms with E-state index in [9.17, 15) is 0 Å². The first-order valence-corrected chi connectivity index (χ1v) is 5.61. The summed E-state index contributed by atoms with van der Waals surface area (Å²) in [4.78, 5) is 0. The normalized spacial score (nSPS) is 9.67. The van der Waals surface area contributed by atoms with Crippen molar-refractivity contribution in [3.05, 3.63) is 0 Å². The lowest BCUT2D eigenvalue weighted by Gasteiger charge is -2.01. The second kappa shape index (κ2) is 11.0. The van der Waals surface area contributed by atoms with Crippen LogP contribution in [0.5, 0.6) is 0 Å². The molecule has 2 heteroatoms. The van der Waals surface area contributed by atoms with E-state index < -0.39 is 0 Å². The molecule has 0 aliphatic rings. The van der Waals surface area contributed by atoms with E-state index in [2.05, 4.69) is 21.9 Å². The number of hydrogen-bond donors (Lipinski definition) is 0. The van der Waals surface area contributed by atoms with Gasteiger partial charge in [0.15, 0.2) is 0 Å². The molecule has 0 saturated carbocycles. The number of rotatable bonds is 8. The maximum absolute atomic E-state index is 5.39. The maximum atomic E-state index is 5.39. The molecule has 0 aliphatic heterocycles. The number of hydrogen-bond acceptors (Lipinski definition) is 1. The van der Waals surface area contributed by atoms with Gasteiger partial charge in [-0.2, -0.15) is 0 Å². The lowest BCUT2D eigenvalue weighted by Crippen LogP contribution is -1.97. The average Bonchev–Trinajstić information content (AvgIpc) is 2.10. The van der Waals surface area contributed by atoms with E-state index in [4.69, 9.17) is 11.2 Å². The van der Waals surface area contributed by atoms with Gasteiger partial charge in [0.1, 0.15) is 0 Å². The Morgan fingerprint density at radius 1 is 1.08 bits per heavy atom. The highest BCUT2D eigenvalue weighted by Gasteiger charge is 1.89. The van der Waals surface area contributed by atoms with Crippen molar-refractivity contribution >= 4 is 15.9 Å². The number of unbranched alkanes of at least 4 members (excludes halogenated alkanes) is 3. The zero-order valence-electron chi connectivity index (χ0n) is 7.52. The summed E-state index contributed by atoms with van der Waals surface area (Å²) in [5.74, 6) is 2.62. The summed E-state index contributed by atoms with van der Waals surface area (Å²) in [5, 5.41) is 1.08. The minimum Gasteiger partial charge on any atom is -0.381 e. The number of ether oxygens (including phenoxy) is 1. The minimum atomic E-state index is 0.865. The molecule has 0 rings (SSSR count). The van der Waals surface area contributed by atoms with Gasteiger partial charge in [-0.1, -0.05) is 15.9 Å². The quantitative estimate of drug-likeness (QED) is 0.356. The molecule has 0 aliphatic carbocycles. The van der Waals surface area contributed by atoms with Gasteiger partial charge in [0.25, 0.3) is 0 Å². The smallest absolute Gasteiger partial charge is 0.0466 e. The molecule has 0 aromatic heterocycles. The third-order valence-electron chi connectivity index (χ3n) is 1.53. The van der Waals surface area contributed by atoms with Gasteiger partial charge in [0.05, 0.1) is 0 Å². The fourth-order valence-electron chi connectivity index (χ4n) is 0.832. The Balaban J connectivity index is 2.78. The molecule has 0 aromatic carbocycles. The molecular weight excluding hydrogens is 216 g/mol. The van der Waals surface area contributed by atoms with Crippen molar-refractivity contribution in [3.8, 4) is 12.3 Å². The van der Waals surface area contributed by atoms with Crippen molar-refractivity contribution in [2.75, 3.05) is 18.5 Å². The van der Waals surface area contributed by atoms with E-state index in [0.717, 1.165) is 44.2 Å². The highest BCUT2D eigenvalue weighted by Crippen LogP contribution is 1.97. The van der Waals surface area contributed by atoms with Crippen LogP contribution in [-0.4, -0.2) is 18.5 Å². The van der Waals surface area contributed by atoms with Gasteiger partial charge in [-0.15, -0.1) is 12.3 Å². The Labute approximate surface area is 84.0 Å². The summed E-state index contributed by atoms with van der Waals surface area (Å²) in [6, 6.07) is 0.